The quantitative estimate of drug-likeness (QED) is 0.798. The first-order chi connectivity index (χ1) is 8.13. The minimum Gasteiger partial charge on any atom is -0.292 e. The molecule has 1 aromatic heterocycles. The van der Waals surface area contributed by atoms with E-state index in [2.05, 4.69) is 28.0 Å². The molecule has 1 heterocycles. The first-order valence-corrected chi connectivity index (χ1v) is 7.18. The molecule has 4 heteroatoms. The molecule has 17 heavy (non-hydrogen) atoms. The molecule has 1 fully saturated rings. The molecule has 0 aliphatic heterocycles. The van der Waals surface area contributed by atoms with Crippen LogP contribution in [0.5, 0.6) is 0 Å². The zero-order valence-electron chi connectivity index (χ0n) is 10.4. The van der Waals surface area contributed by atoms with E-state index >= 15 is 0 Å². The maximum absolute atomic E-state index is 12.5. The fraction of sp³-hybridized carbons (Fsp3) is 0.692. The topological polar surface area (TPSA) is 34.9 Å². The van der Waals surface area contributed by atoms with E-state index in [1.165, 1.54) is 12.8 Å². The summed E-state index contributed by atoms with van der Waals surface area (Å²) in [6.07, 6.45) is 6.22. The van der Waals surface area contributed by atoms with Crippen molar-refractivity contribution in [3.63, 3.8) is 0 Å². The largest absolute Gasteiger partial charge is 0.292 e. The van der Waals surface area contributed by atoms with Crippen LogP contribution in [0, 0.1) is 11.8 Å². The van der Waals surface area contributed by atoms with Crippen molar-refractivity contribution in [2.75, 3.05) is 0 Å². The highest BCUT2D eigenvalue weighted by atomic mass is 79.9. The smallest absolute Gasteiger partial charge is 0.185 e. The monoisotopic (exact) mass is 298 g/mol. The number of ketones is 1. The van der Waals surface area contributed by atoms with E-state index in [1.54, 1.807) is 10.9 Å². The summed E-state index contributed by atoms with van der Waals surface area (Å²) >= 11 is 3.44. The van der Waals surface area contributed by atoms with Crippen LogP contribution < -0.4 is 0 Å². The molecule has 2 rings (SSSR count). The molecule has 1 aliphatic carbocycles. The Bertz CT molecular complexity index is 414. The number of hydrogen-bond acceptors (Lipinski definition) is 2. The van der Waals surface area contributed by atoms with Gasteiger partial charge in [0.1, 0.15) is 5.69 Å². The van der Waals surface area contributed by atoms with Gasteiger partial charge in [0.25, 0.3) is 0 Å². The maximum atomic E-state index is 12.5. The minimum absolute atomic E-state index is 0.192. The Kier molecular flexibility index (Phi) is 4.02. The fourth-order valence-electron chi connectivity index (χ4n) is 2.71. The number of carbonyl (C=O) groups excluding carboxylic acids is 1. The molecule has 1 saturated carbocycles. The van der Waals surface area contributed by atoms with Crippen LogP contribution in [0.1, 0.15) is 50.0 Å². The molecule has 1 aromatic rings. The zero-order chi connectivity index (χ0) is 12.4. The van der Waals surface area contributed by atoms with E-state index in [-0.39, 0.29) is 11.7 Å². The molecule has 0 N–H and O–H groups in total. The summed E-state index contributed by atoms with van der Waals surface area (Å²) in [6, 6.07) is 0. The summed E-state index contributed by atoms with van der Waals surface area (Å²) in [5.74, 6) is 1.13. The van der Waals surface area contributed by atoms with Crippen LogP contribution in [-0.2, 0) is 6.54 Å². The van der Waals surface area contributed by atoms with Gasteiger partial charge in [0, 0.05) is 12.5 Å². The van der Waals surface area contributed by atoms with Gasteiger partial charge < -0.3 is 0 Å². The van der Waals surface area contributed by atoms with Crippen molar-refractivity contribution in [2.45, 2.75) is 46.1 Å². The van der Waals surface area contributed by atoms with E-state index in [1.807, 2.05) is 6.92 Å². The second-order valence-corrected chi connectivity index (χ2v) is 5.84. The number of carbonyl (C=O) groups is 1. The van der Waals surface area contributed by atoms with Crippen LogP contribution in [0.3, 0.4) is 0 Å². The van der Waals surface area contributed by atoms with Gasteiger partial charge in [-0.3, -0.25) is 9.48 Å². The highest BCUT2D eigenvalue weighted by molar-refractivity contribution is 9.10. The van der Waals surface area contributed by atoms with Crippen LogP contribution >= 0.6 is 15.9 Å². The Hall–Kier alpha value is -0.640. The first-order valence-electron chi connectivity index (χ1n) is 6.39. The van der Waals surface area contributed by atoms with Gasteiger partial charge in [0.05, 0.1) is 10.7 Å². The number of halogens is 1. The Labute approximate surface area is 111 Å². The van der Waals surface area contributed by atoms with Crippen molar-refractivity contribution < 1.29 is 4.79 Å². The fourth-order valence-corrected chi connectivity index (χ4v) is 3.20. The Balaban J connectivity index is 2.21. The predicted molar refractivity (Wildman–Crippen MR) is 71.1 cm³/mol. The average molecular weight is 299 g/mol. The zero-order valence-corrected chi connectivity index (χ0v) is 12.0. The summed E-state index contributed by atoms with van der Waals surface area (Å²) in [7, 11) is 0. The van der Waals surface area contributed by atoms with Crippen molar-refractivity contribution in [1.82, 2.24) is 9.78 Å². The second-order valence-electron chi connectivity index (χ2n) is 4.99. The predicted octanol–water partition coefficient (Wildman–Crippen LogP) is 3.67. The van der Waals surface area contributed by atoms with Gasteiger partial charge in [0.2, 0.25) is 0 Å². The number of aryl methyl sites for hydroxylation is 1. The lowest BCUT2D eigenvalue weighted by Gasteiger charge is -2.25. The number of hydrogen-bond donors (Lipinski definition) is 0. The van der Waals surface area contributed by atoms with Crippen molar-refractivity contribution >= 4 is 21.7 Å². The molecule has 0 aromatic carbocycles. The van der Waals surface area contributed by atoms with Crippen molar-refractivity contribution in [3.8, 4) is 0 Å². The molecular formula is C13H19BrN2O. The van der Waals surface area contributed by atoms with Crippen LogP contribution in [0.15, 0.2) is 10.7 Å². The molecule has 0 saturated heterocycles. The third-order valence-electron chi connectivity index (χ3n) is 3.63. The molecule has 2 unspecified atom stereocenters. The van der Waals surface area contributed by atoms with E-state index in [0.29, 0.717) is 5.92 Å². The standard InChI is InChI=1S/C13H19BrN2O/c1-3-16-12(11(14)8-15-16)13(17)10-6-4-5-9(2)7-10/h8-10H,3-7H2,1-2H3. The van der Waals surface area contributed by atoms with Gasteiger partial charge in [-0.1, -0.05) is 19.8 Å². The highest BCUT2D eigenvalue weighted by Crippen LogP contribution is 2.32. The summed E-state index contributed by atoms with van der Waals surface area (Å²) in [6.45, 7) is 5.00. The lowest BCUT2D eigenvalue weighted by atomic mass is 9.79. The summed E-state index contributed by atoms with van der Waals surface area (Å²) in [5, 5.41) is 4.22. The SMILES string of the molecule is CCn1ncc(Br)c1C(=O)C1CCCC(C)C1. The number of rotatable bonds is 3. The summed E-state index contributed by atoms with van der Waals surface area (Å²) in [4.78, 5) is 12.5. The van der Waals surface area contributed by atoms with Gasteiger partial charge in [0.15, 0.2) is 5.78 Å². The van der Waals surface area contributed by atoms with E-state index in [9.17, 15) is 4.79 Å². The van der Waals surface area contributed by atoms with E-state index < -0.39 is 0 Å². The molecule has 0 radical (unpaired) electrons. The number of nitrogens with zero attached hydrogens (tertiary/aromatic N) is 2. The molecule has 0 amide bonds. The molecule has 1 aliphatic rings. The normalized spacial score (nSPS) is 24.9. The molecule has 0 bridgehead atoms. The van der Waals surface area contributed by atoms with Crippen molar-refractivity contribution in [3.05, 3.63) is 16.4 Å². The molecule has 0 spiro atoms. The van der Waals surface area contributed by atoms with Crippen LogP contribution in [0.2, 0.25) is 0 Å². The van der Waals surface area contributed by atoms with Crippen molar-refractivity contribution in [1.29, 1.82) is 0 Å². The van der Waals surface area contributed by atoms with Gasteiger partial charge in [-0.25, -0.2) is 0 Å². The minimum atomic E-state index is 0.192. The van der Waals surface area contributed by atoms with Crippen LogP contribution in [0.4, 0.5) is 0 Å². The highest BCUT2D eigenvalue weighted by Gasteiger charge is 2.29. The van der Waals surface area contributed by atoms with E-state index in [4.69, 9.17) is 0 Å². The lowest BCUT2D eigenvalue weighted by molar-refractivity contribution is 0.0856. The van der Waals surface area contributed by atoms with E-state index in [0.717, 1.165) is 29.6 Å². The van der Waals surface area contributed by atoms with Crippen molar-refractivity contribution in [2.24, 2.45) is 11.8 Å². The Morgan fingerprint density at radius 3 is 3.00 bits per heavy atom. The van der Waals surface area contributed by atoms with Gasteiger partial charge >= 0.3 is 0 Å². The number of Topliss-reactive ketones (excluding diaryl/α,β-unsaturated/α-hetero) is 1. The lowest BCUT2D eigenvalue weighted by Crippen LogP contribution is -2.24. The molecular weight excluding hydrogens is 280 g/mol. The first kappa shape index (κ1) is 12.8. The third-order valence-corrected chi connectivity index (χ3v) is 4.22. The Morgan fingerprint density at radius 2 is 2.35 bits per heavy atom. The van der Waals surface area contributed by atoms with Gasteiger partial charge in [-0.05, 0) is 41.6 Å². The second kappa shape index (κ2) is 5.34. The molecule has 94 valence electrons. The summed E-state index contributed by atoms with van der Waals surface area (Å²) < 4.78 is 2.63. The maximum Gasteiger partial charge on any atom is 0.185 e. The average Bonchev–Trinajstić information content (AvgIpc) is 2.69. The van der Waals surface area contributed by atoms with Gasteiger partial charge in [-0.15, -0.1) is 0 Å². The Morgan fingerprint density at radius 1 is 1.59 bits per heavy atom. The third kappa shape index (κ3) is 2.62. The molecule has 2 atom stereocenters. The van der Waals surface area contributed by atoms with Gasteiger partial charge in [-0.2, -0.15) is 5.10 Å². The van der Waals surface area contributed by atoms with Crippen LogP contribution in [0.25, 0.3) is 0 Å². The molecule has 3 nitrogen and oxygen atoms in total. The summed E-state index contributed by atoms with van der Waals surface area (Å²) in [5.41, 5.74) is 0.756. The number of aromatic nitrogens is 2. The van der Waals surface area contributed by atoms with Crippen LogP contribution in [-0.4, -0.2) is 15.6 Å².